The van der Waals surface area contributed by atoms with Crippen LogP contribution in [0.4, 0.5) is 0 Å². The second kappa shape index (κ2) is 33.1. The molecule has 1 aromatic carbocycles. The minimum atomic E-state index is -2.27. The number of carboxylic acids is 7. The van der Waals surface area contributed by atoms with Gasteiger partial charge in [0.05, 0.1) is 19.6 Å². The summed E-state index contributed by atoms with van der Waals surface area (Å²) in [6, 6.07) is 8.55. The summed E-state index contributed by atoms with van der Waals surface area (Å²) in [5.41, 5.74) is 2.33. The van der Waals surface area contributed by atoms with Gasteiger partial charge in [0.2, 0.25) is 0 Å². The lowest BCUT2D eigenvalue weighted by Gasteiger charge is -2.24. The molecule has 0 saturated carbocycles. The SMILES string of the molecule is CCCN(CCC)CCCCN(CC(=O)O)Cc1ccc(CN(Cc2ncc[nH]2)Cc2nccn2C)cc1.O=C(O)[C@H](O)[C@@H](O)C(=O)O.O=C(O)[C@H](O)[C@@H](O)C(=O)O.O=C(O)[C@H](O)[C@@H](O)C(=O)O. The van der Waals surface area contributed by atoms with Crippen LogP contribution in [0.25, 0.3) is 0 Å². The maximum absolute atomic E-state index is 11.5. The summed E-state index contributed by atoms with van der Waals surface area (Å²) < 4.78 is 2.04. The van der Waals surface area contributed by atoms with E-state index in [4.69, 9.17) is 61.3 Å². The number of H-pyrrole nitrogens is 1. The standard InChI is InChI=1S/C29H45N7O2.3C4H6O6/c1-4-15-34(16-5-2)17-6-7-18-35(24-29(37)38)20-25-8-10-26(11-9-25)21-36(22-27-30-12-13-31-27)23-28-32-14-19-33(28)3;3*5-1(3(7)8)2(6)4(9)10/h8-14,19H,4-7,15-18,20-24H2,1-3H3,(H,30,31)(H,37,38);3*1-2,5-6H,(H,7,8)(H,9,10)/t;3*1-,2-/m.111/s1. The summed E-state index contributed by atoms with van der Waals surface area (Å²) in [6.07, 6.45) is -1.75. The van der Waals surface area contributed by atoms with Crippen LogP contribution >= 0.6 is 0 Å². The highest BCUT2D eigenvalue weighted by molar-refractivity contribution is 5.84. The highest BCUT2D eigenvalue weighted by Crippen LogP contribution is 2.15. The molecule has 2 aromatic heterocycles. The van der Waals surface area contributed by atoms with E-state index in [1.54, 1.807) is 6.20 Å². The molecule has 0 bridgehead atoms. The molecule has 27 nitrogen and oxygen atoms in total. The largest absolute Gasteiger partial charge is 0.480 e. The number of nitrogens with one attached hydrogen (secondary N) is 1. The fraction of sp³-hybridized carbons (Fsp3) is 0.537. The van der Waals surface area contributed by atoms with Gasteiger partial charge in [0, 0.05) is 44.9 Å². The van der Waals surface area contributed by atoms with Crippen LogP contribution in [0.3, 0.4) is 0 Å². The van der Waals surface area contributed by atoms with Crippen molar-refractivity contribution in [3.8, 4) is 0 Å². The van der Waals surface area contributed by atoms with E-state index in [-0.39, 0.29) is 6.54 Å². The molecular weight excluding hydrogens is 910 g/mol. The number of imidazole rings is 2. The van der Waals surface area contributed by atoms with Crippen LogP contribution in [-0.4, -0.2) is 212 Å². The van der Waals surface area contributed by atoms with Gasteiger partial charge in [-0.05, 0) is 63.0 Å². The summed E-state index contributed by atoms with van der Waals surface area (Å²) in [6.45, 7) is 11.5. The number of aromatic nitrogens is 4. The summed E-state index contributed by atoms with van der Waals surface area (Å²) in [7, 11) is 2.01. The van der Waals surface area contributed by atoms with Crippen LogP contribution in [-0.2, 0) is 66.8 Å². The van der Waals surface area contributed by atoms with Crippen LogP contribution in [0.15, 0.2) is 49.1 Å². The van der Waals surface area contributed by atoms with Crippen molar-refractivity contribution < 1.29 is 99.9 Å². The van der Waals surface area contributed by atoms with Gasteiger partial charge in [-0.2, -0.15) is 0 Å². The van der Waals surface area contributed by atoms with Crippen molar-refractivity contribution in [2.45, 2.75) is 102 Å². The minimum Gasteiger partial charge on any atom is -0.480 e. The maximum atomic E-state index is 11.5. The number of carbonyl (C=O) groups is 7. The molecule has 6 atom stereocenters. The van der Waals surface area contributed by atoms with E-state index in [2.05, 4.69) is 62.9 Å². The Morgan fingerprint density at radius 2 is 0.912 bits per heavy atom. The zero-order valence-electron chi connectivity index (χ0n) is 37.6. The third-order valence-electron chi connectivity index (χ3n) is 9.10. The molecular formula is C41H63N7O20. The Bertz CT molecular complexity index is 1820. The molecule has 0 spiro atoms. The zero-order valence-corrected chi connectivity index (χ0v) is 37.6. The van der Waals surface area contributed by atoms with Gasteiger partial charge in [0.25, 0.3) is 0 Å². The second-order valence-electron chi connectivity index (χ2n) is 14.8. The molecule has 68 heavy (non-hydrogen) atoms. The summed E-state index contributed by atoms with van der Waals surface area (Å²) >= 11 is 0. The van der Waals surface area contributed by atoms with E-state index in [1.807, 2.05) is 35.1 Å². The van der Waals surface area contributed by atoms with Crippen molar-refractivity contribution >= 4 is 41.8 Å². The first-order valence-corrected chi connectivity index (χ1v) is 20.7. The van der Waals surface area contributed by atoms with Crippen LogP contribution in [0, 0.1) is 0 Å². The summed E-state index contributed by atoms with van der Waals surface area (Å²) in [4.78, 5) is 89.1. The van der Waals surface area contributed by atoms with Gasteiger partial charge in [-0.3, -0.25) is 14.6 Å². The van der Waals surface area contributed by atoms with Crippen molar-refractivity contribution in [3.63, 3.8) is 0 Å². The van der Waals surface area contributed by atoms with Gasteiger partial charge in [0.15, 0.2) is 36.6 Å². The Morgan fingerprint density at radius 3 is 1.22 bits per heavy atom. The van der Waals surface area contributed by atoms with Gasteiger partial charge in [-0.15, -0.1) is 0 Å². The average molecular weight is 974 g/mol. The van der Waals surface area contributed by atoms with Gasteiger partial charge >= 0.3 is 41.8 Å². The number of unbranched alkanes of at least 4 members (excludes halogenated alkanes) is 1. The third-order valence-corrected chi connectivity index (χ3v) is 9.10. The fourth-order valence-corrected chi connectivity index (χ4v) is 5.63. The van der Waals surface area contributed by atoms with Crippen molar-refractivity contribution in [3.05, 3.63) is 71.8 Å². The summed E-state index contributed by atoms with van der Waals surface area (Å²) in [5, 5.41) is 107. The Kier molecular flexibility index (Phi) is 30.0. The van der Waals surface area contributed by atoms with Crippen molar-refractivity contribution in [1.29, 1.82) is 0 Å². The number of carboxylic acid groups (broad SMARTS) is 7. The Hall–Kier alpha value is -6.43. The third kappa shape index (κ3) is 25.5. The predicted octanol–water partition coefficient (Wildman–Crippen LogP) is -2.23. The van der Waals surface area contributed by atoms with Crippen molar-refractivity contribution in [2.24, 2.45) is 7.05 Å². The topological polar surface area (TPSA) is 439 Å². The van der Waals surface area contributed by atoms with Gasteiger partial charge < -0.3 is 80.8 Å². The lowest BCUT2D eigenvalue weighted by molar-refractivity contribution is -0.165. The lowest BCUT2D eigenvalue weighted by Crippen LogP contribution is -2.39. The quantitative estimate of drug-likeness (QED) is 0.0342. The van der Waals surface area contributed by atoms with Gasteiger partial charge in [-0.1, -0.05) is 38.1 Å². The number of hydrogen-bond donors (Lipinski definition) is 14. The molecule has 27 heteroatoms. The Balaban J connectivity index is 0.00000121. The molecule has 0 unspecified atom stereocenters. The van der Waals surface area contributed by atoms with Crippen LogP contribution in [0.5, 0.6) is 0 Å². The first-order chi connectivity index (χ1) is 31.9. The number of aliphatic hydroxyl groups is 6. The molecule has 0 aliphatic rings. The number of aliphatic carboxylic acids is 7. The monoisotopic (exact) mass is 973 g/mol. The molecule has 0 aliphatic carbocycles. The molecule has 2 heterocycles. The van der Waals surface area contributed by atoms with Gasteiger partial charge in [0.1, 0.15) is 11.6 Å². The zero-order chi connectivity index (χ0) is 52.1. The normalized spacial score (nSPS) is 13.5. The molecule has 0 fully saturated rings. The molecule has 0 amide bonds. The van der Waals surface area contributed by atoms with E-state index < -0.39 is 78.4 Å². The van der Waals surface area contributed by atoms with Crippen LogP contribution in [0.1, 0.15) is 62.3 Å². The summed E-state index contributed by atoms with van der Waals surface area (Å²) in [5.74, 6) is -9.46. The van der Waals surface area contributed by atoms with Crippen molar-refractivity contribution in [2.75, 3.05) is 32.7 Å². The fourth-order valence-electron chi connectivity index (χ4n) is 5.63. The highest BCUT2D eigenvalue weighted by Gasteiger charge is 2.31. The second-order valence-corrected chi connectivity index (χ2v) is 14.8. The predicted molar refractivity (Wildman–Crippen MR) is 232 cm³/mol. The average Bonchev–Trinajstić information content (AvgIpc) is 3.95. The van der Waals surface area contributed by atoms with Crippen molar-refractivity contribution in [1.82, 2.24) is 34.2 Å². The highest BCUT2D eigenvalue weighted by atomic mass is 16.5. The van der Waals surface area contributed by atoms with Gasteiger partial charge in [-0.25, -0.2) is 38.7 Å². The smallest absolute Gasteiger partial charge is 0.335 e. The molecule has 0 aliphatic heterocycles. The number of benzene rings is 1. The number of aromatic amines is 1. The number of hydrogen-bond acceptors (Lipinski definition) is 18. The Morgan fingerprint density at radius 1 is 0.529 bits per heavy atom. The number of nitrogens with zero attached hydrogens (tertiary/aromatic N) is 6. The van der Waals surface area contributed by atoms with Crippen LogP contribution < -0.4 is 0 Å². The molecule has 0 radical (unpaired) electrons. The maximum Gasteiger partial charge on any atom is 0.335 e. The van der Waals surface area contributed by atoms with Crippen LogP contribution in [0.2, 0.25) is 0 Å². The first kappa shape index (κ1) is 61.6. The molecule has 382 valence electrons. The number of aliphatic hydroxyl groups excluding tert-OH is 6. The van der Waals surface area contributed by atoms with E-state index in [0.717, 1.165) is 62.8 Å². The lowest BCUT2D eigenvalue weighted by atomic mass is 10.1. The minimum absolute atomic E-state index is 0.0655. The molecule has 0 saturated heterocycles. The van der Waals surface area contributed by atoms with E-state index in [0.29, 0.717) is 19.6 Å². The number of aryl methyl sites for hydroxylation is 1. The first-order valence-electron chi connectivity index (χ1n) is 20.7. The van der Waals surface area contributed by atoms with E-state index >= 15 is 0 Å². The van der Waals surface area contributed by atoms with E-state index in [1.165, 1.54) is 18.4 Å². The molecule has 3 rings (SSSR count). The Labute approximate surface area is 389 Å². The molecule has 3 aromatic rings. The van der Waals surface area contributed by atoms with E-state index in [9.17, 15) is 38.7 Å². The molecule has 14 N–H and O–H groups in total. The number of rotatable bonds is 28.